The van der Waals surface area contributed by atoms with Gasteiger partial charge in [0.15, 0.2) is 0 Å². The Kier molecular flexibility index (Phi) is 4.11. The molecule has 1 aliphatic heterocycles. The molecule has 1 atom stereocenters. The summed E-state index contributed by atoms with van der Waals surface area (Å²) in [5.41, 5.74) is 1.75. The standard InChI is InChI=1S/C19H18FN3O2S/c1-19(8-9-26-11-19)22-17(24)12-2-7-16-15(10-12)21-18(25)23(16)14-5-3-13(20)4-6-14/h2-7,10H,8-9,11H2,1H3,(H,21,25)(H,22,24). The number of hydrogen-bond donors (Lipinski definition) is 2. The Bertz CT molecular complexity index is 1030. The van der Waals surface area contributed by atoms with E-state index >= 15 is 0 Å². The maximum atomic E-state index is 13.1. The molecule has 134 valence electrons. The van der Waals surface area contributed by atoms with E-state index in [-0.39, 0.29) is 23.0 Å². The highest BCUT2D eigenvalue weighted by Crippen LogP contribution is 2.28. The topological polar surface area (TPSA) is 66.9 Å². The van der Waals surface area contributed by atoms with Crippen molar-refractivity contribution in [1.82, 2.24) is 14.9 Å². The summed E-state index contributed by atoms with van der Waals surface area (Å²) in [5.74, 6) is 1.44. The Morgan fingerprint density at radius 3 is 2.73 bits per heavy atom. The fourth-order valence-electron chi connectivity index (χ4n) is 3.21. The van der Waals surface area contributed by atoms with Gasteiger partial charge in [0, 0.05) is 16.9 Å². The van der Waals surface area contributed by atoms with Crippen LogP contribution in [0.15, 0.2) is 47.3 Å². The van der Waals surface area contributed by atoms with Gasteiger partial charge < -0.3 is 10.3 Å². The van der Waals surface area contributed by atoms with Gasteiger partial charge in [0.1, 0.15) is 5.82 Å². The minimum atomic E-state index is -0.362. The molecule has 0 spiro atoms. The molecule has 2 N–H and O–H groups in total. The molecule has 1 saturated heterocycles. The zero-order valence-corrected chi connectivity index (χ0v) is 15.0. The Morgan fingerprint density at radius 1 is 1.27 bits per heavy atom. The molecular formula is C19H18FN3O2S. The van der Waals surface area contributed by atoms with E-state index in [0.717, 1.165) is 17.9 Å². The molecule has 1 aliphatic rings. The van der Waals surface area contributed by atoms with Gasteiger partial charge in [-0.1, -0.05) is 0 Å². The third kappa shape index (κ3) is 3.03. The Morgan fingerprint density at radius 2 is 2.04 bits per heavy atom. The number of fused-ring (bicyclic) bond motifs is 1. The SMILES string of the molecule is CC1(NC(=O)c2ccc3c(c2)[nH]c(=O)n3-c2ccc(F)cc2)CCSC1. The number of aromatic nitrogens is 2. The quantitative estimate of drug-likeness (QED) is 0.744. The Balaban J connectivity index is 1.69. The van der Waals surface area contributed by atoms with Crippen molar-refractivity contribution in [3.8, 4) is 5.69 Å². The highest BCUT2D eigenvalue weighted by molar-refractivity contribution is 7.99. The molecule has 0 bridgehead atoms. The van der Waals surface area contributed by atoms with Crippen LogP contribution in [0.25, 0.3) is 16.7 Å². The van der Waals surface area contributed by atoms with E-state index in [4.69, 9.17) is 0 Å². The summed E-state index contributed by atoms with van der Waals surface area (Å²) >= 11 is 1.83. The van der Waals surface area contributed by atoms with Crippen LogP contribution < -0.4 is 11.0 Å². The van der Waals surface area contributed by atoms with Gasteiger partial charge in [-0.3, -0.25) is 9.36 Å². The highest BCUT2D eigenvalue weighted by atomic mass is 32.2. The van der Waals surface area contributed by atoms with Crippen LogP contribution in [0.3, 0.4) is 0 Å². The maximum absolute atomic E-state index is 13.1. The van der Waals surface area contributed by atoms with Gasteiger partial charge in [0.25, 0.3) is 5.91 Å². The number of aromatic amines is 1. The van der Waals surface area contributed by atoms with E-state index in [2.05, 4.69) is 17.2 Å². The first-order valence-corrected chi connectivity index (χ1v) is 9.52. The van der Waals surface area contributed by atoms with E-state index in [0.29, 0.717) is 22.3 Å². The van der Waals surface area contributed by atoms with Crippen molar-refractivity contribution < 1.29 is 9.18 Å². The summed E-state index contributed by atoms with van der Waals surface area (Å²) in [6.45, 7) is 2.05. The van der Waals surface area contributed by atoms with Crippen molar-refractivity contribution in [2.24, 2.45) is 0 Å². The van der Waals surface area contributed by atoms with Crippen LogP contribution in [0.2, 0.25) is 0 Å². The fourth-order valence-corrected chi connectivity index (χ4v) is 4.62. The maximum Gasteiger partial charge on any atom is 0.331 e. The van der Waals surface area contributed by atoms with Crippen molar-refractivity contribution in [2.45, 2.75) is 18.9 Å². The number of carbonyl (C=O) groups is 1. The van der Waals surface area contributed by atoms with E-state index in [1.807, 2.05) is 11.8 Å². The number of thioether (sulfide) groups is 1. The number of hydrogen-bond acceptors (Lipinski definition) is 3. The molecule has 1 fully saturated rings. The molecule has 2 aromatic carbocycles. The summed E-state index contributed by atoms with van der Waals surface area (Å²) in [6, 6.07) is 10.8. The number of carbonyl (C=O) groups excluding carboxylic acids is 1. The zero-order chi connectivity index (χ0) is 18.3. The molecule has 0 aliphatic carbocycles. The lowest BCUT2D eigenvalue weighted by atomic mass is 10.0. The zero-order valence-electron chi connectivity index (χ0n) is 14.2. The monoisotopic (exact) mass is 371 g/mol. The normalized spacial score (nSPS) is 19.8. The largest absolute Gasteiger partial charge is 0.346 e. The van der Waals surface area contributed by atoms with Crippen molar-refractivity contribution in [3.63, 3.8) is 0 Å². The molecule has 0 radical (unpaired) electrons. The first-order valence-electron chi connectivity index (χ1n) is 8.36. The highest BCUT2D eigenvalue weighted by Gasteiger charge is 2.31. The van der Waals surface area contributed by atoms with E-state index in [9.17, 15) is 14.0 Å². The van der Waals surface area contributed by atoms with Gasteiger partial charge in [-0.25, -0.2) is 9.18 Å². The van der Waals surface area contributed by atoms with Crippen molar-refractivity contribution in [2.75, 3.05) is 11.5 Å². The summed E-state index contributed by atoms with van der Waals surface area (Å²) in [5, 5.41) is 3.10. The number of H-pyrrole nitrogens is 1. The lowest BCUT2D eigenvalue weighted by Crippen LogP contribution is -2.45. The molecule has 7 heteroatoms. The molecule has 3 aromatic rings. The van der Waals surface area contributed by atoms with Crippen molar-refractivity contribution >= 4 is 28.7 Å². The summed E-state index contributed by atoms with van der Waals surface area (Å²) in [6.07, 6.45) is 0.948. The van der Waals surface area contributed by atoms with E-state index in [1.165, 1.54) is 16.7 Å². The van der Waals surface area contributed by atoms with Crippen LogP contribution in [0, 0.1) is 5.82 Å². The lowest BCUT2D eigenvalue weighted by molar-refractivity contribution is 0.0915. The van der Waals surface area contributed by atoms with Crippen molar-refractivity contribution in [3.05, 3.63) is 64.3 Å². The number of halogens is 1. The Labute approximate surface area is 153 Å². The minimum absolute atomic E-state index is 0.146. The Hall–Kier alpha value is -2.54. The molecule has 5 nitrogen and oxygen atoms in total. The molecule has 1 aromatic heterocycles. The molecular weight excluding hydrogens is 353 g/mol. The van der Waals surface area contributed by atoms with Gasteiger partial charge in [-0.05, 0) is 61.6 Å². The number of imidazole rings is 1. The number of nitrogens with zero attached hydrogens (tertiary/aromatic N) is 1. The number of amides is 1. The van der Waals surface area contributed by atoms with Crippen LogP contribution in [0.1, 0.15) is 23.7 Å². The first-order chi connectivity index (χ1) is 12.5. The second-order valence-corrected chi connectivity index (χ2v) is 7.90. The third-order valence-corrected chi connectivity index (χ3v) is 6.00. The van der Waals surface area contributed by atoms with E-state index < -0.39 is 0 Å². The van der Waals surface area contributed by atoms with Gasteiger partial charge in [0.05, 0.1) is 16.7 Å². The van der Waals surface area contributed by atoms with Crippen LogP contribution in [-0.4, -0.2) is 32.5 Å². The van der Waals surface area contributed by atoms with Gasteiger partial charge in [-0.2, -0.15) is 11.8 Å². The van der Waals surface area contributed by atoms with Crippen molar-refractivity contribution in [1.29, 1.82) is 0 Å². The predicted molar refractivity (Wildman–Crippen MR) is 102 cm³/mol. The van der Waals surface area contributed by atoms with Crippen LogP contribution >= 0.6 is 11.8 Å². The summed E-state index contributed by atoms with van der Waals surface area (Å²) in [7, 11) is 0. The summed E-state index contributed by atoms with van der Waals surface area (Å²) in [4.78, 5) is 27.7. The van der Waals surface area contributed by atoms with E-state index in [1.54, 1.807) is 30.3 Å². The second-order valence-electron chi connectivity index (χ2n) is 6.79. The molecule has 4 rings (SSSR count). The van der Waals surface area contributed by atoms with Crippen LogP contribution in [0.4, 0.5) is 4.39 Å². The lowest BCUT2D eigenvalue weighted by Gasteiger charge is -2.24. The van der Waals surface area contributed by atoms with Gasteiger partial charge in [0.2, 0.25) is 0 Å². The number of rotatable bonds is 3. The number of nitrogens with one attached hydrogen (secondary N) is 2. The average Bonchev–Trinajstić information content (AvgIpc) is 3.17. The summed E-state index contributed by atoms with van der Waals surface area (Å²) < 4.78 is 14.6. The second kappa shape index (κ2) is 6.32. The third-order valence-electron chi connectivity index (χ3n) is 4.66. The molecule has 26 heavy (non-hydrogen) atoms. The van der Waals surface area contributed by atoms with Crippen LogP contribution in [-0.2, 0) is 0 Å². The van der Waals surface area contributed by atoms with Gasteiger partial charge >= 0.3 is 5.69 Å². The van der Waals surface area contributed by atoms with Crippen LogP contribution in [0.5, 0.6) is 0 Å². The fraction of sp³-hybridized carbons (Fsp3) is 0.263. The average molecular weight is 371 g/mol. The minimum Gasteiger partial charge on any atom is -0.346 e. The smallest absolute Gasteiger partial charge is 0.331 e. The first kappa shape index (κ1) is 16.9. The molecule has 0 saturated carbocycles. The molecule has 1 amide bonds. The van der Waals surface area contributed by atoms with Gasteiger partial charge in [-0.15, -0.1) is 0 Å². The predicted octanol–water partition coefficient (Wildman–Crippen LogP) is 3.08. The molecule has 1 unspecified atom stereocenters. The number of benzene rings is 2. The molecule has 2 heterocycles.